The number of fused-ring (bicyclic) bond motifs is 1. The van der Waals surface area contributed by atoms with Crippen molar-refractivity contribution in [2.24, 2.45) is 0 Å². The van der Waals surface area contributed by atoms with Gasteiger partial charge in [-0.15, -0.1) is 0 Å². The van der Waals surface area contributed by atoms with E-state index in [9.17, 15) is 14.4 Å². The van der Waals surface area contributed by atoms with Crippen LogP contribution in [0.25, 0.3) is 0 Å². The standard InChI is InChI=1S/C20H28N4O4/c1-2-23(13-19(26)27)17-9-16(10-17)22-20(28)21-11-18(25)24-8-7-14-5-3-4-6-15(14)12-24/h3-6,16-17H,2,7-13H2,1H3,(H,26,27)(H2,21,22,28). The molecule has 3 amide bonds. The topological polar surface area (TPSA) is 102 Å². The number of aliphatic carboxylic acids is 1. The van der Waals surface area contributed by atoms with Gasteiger partial charge in [-0.3, -0.25) is 14.5 Å². The van der Waals surface area contributed by atoms with Gasteiger partial charge in [0.05, 0.1) is 13.1 Å². The molecule has 1 fully saturated rings. The molecule has 0 unspecified atom stereocenters. The number of hydrogen-bond donors (Lipinski definition) is 3. The van der Waals surface area contributed by atoms with Gasteiger partial charge in [0, 0.05) is 25.2 Å². The van der Waals surface area contributed by atoms with E-state index in [0.29, 0.717) is 19.6 Å². The van der Waals surface area contributed by atoms with Crippen molar-refractivity contribution in [1.29, 1.82) is 0 Å². The predicted molar refractivity (Wildman–Crippen MR) is 104 cm³/mol. The van der Waals surface area contributed by atoms with Gasteiger partial charge in [-0.2, -0.15) is 0 Å². The molecule has 3 rings (SSSR count). The van der Waals surface area contributed by atoms with E-state index in [1.54, 1.807) is 4.90 Å². The first-order valence-corrected chi connectivity index (χ1v) is 9.81. The molecule has 0 spiro atoms. The van der Waals surface area contributed by atoms with E-state index in [4.69, 9.17) is 5.11 Å². The van der Waals surface area contributed by atoms with Crippen molar-refractivity contribution in [3.8, 4) is 0 Å². The Morgan fingerprint density at radius 1 is 1.21 bits per heavy atom. The van der Waals surface area contributed by atoms with Gasteiger partial charge in [-0.05, 0) is 36.9 Å². The van der Waals surface area contributed by atoms with E-state index in [1.165, 1.54) is 5.56 Å². The van der Waals surface area contributed by atoms with Gasteiger partial charge in [0.1, 0.15) is 0 Å². The maximum Gasteiger partial charge on any atom is 0.317 e. The zero-order chi connectivity index (χ0) is 20.1. The van der Waals surface area contributed by atoms with Crippen molar-refractivity contribution >= 4 is 17.9 Å². The predicted octanol–water partition coefficient (Wildman–Crippen LogP) is 0.808. The van der Waals surface area contributed by atoms with Crippen molar-refractivity contribution in [1.82, 2.24) is 20.4 Å². The highest BCUT2D eigenvalue weighted by molar-refractivity contribution is 5.84. The molecule has 8 nitrogen and oxygen atoms in total. The number of nitrogens with zero attached hydrogens (tertiary/aromatic N) is 2. The maximum atomic E-state index is 12.4. The van der Waals surface area contributed by atoms with Gasteiger partial charge in [0.15, 0.2) is 0 Å². The molecule has 1 heterocycles. The lowest BCUT2D eigenvalue weighted by Gasteiger charge is -2.42. The van der Waals surface area contributed by atoms with Crippen LogP contribution in [-0.4, -0.2) is 71.1 Å². The monoisotopic (exact) mass is 388 g/mol. The van der Waals surface area contributed by atoms with Gasteiger partial charge >= 0.3 is 12.0 Å². The number of carbonyl (C=O) groups is 3. The van der Waals surface area contributed by atoms with Gasteiger partial charge in [0.2, 0.25) is 5.91 Å². The van der Waals surface area contributed by atoms with Crippen molar-refractivity contribution in [3.63, 3.8) is 0 Å². The maximum absolute atomic E-state index is 12.4. The molecule has 8 heteroatoms. The van der Waals surface area contributed by atoms with Gasteiger partial charge in [0.25, 0.3) is 0 Å². The van der Waals surface area contributed by atoms with Gasteiger partial charge in [-0.1, -0.05) is 31.2 Å². The summed E-state index contributed by atoms with van der Waals surface area (Å²) in [5.74, 6) is -0.926. The van der Waals surface area contributed by atoms with E-state index in [2.05, 4.69) is 16.7 Å². The van der Waals surface area contributed by atoms with E-state index < -0.39 is 5.97 Å². The summed E-state index contributed by atoms with van der Waals surface area (Å²) < 4.78 is 0. The number of nitrogens with one attached hydrogen (secondary N) is 2. The molecule has 0 atom stereocenters. The molecule has 1 saturated carbocycles. The van der Waals surface area contributed by atoms with E-state index in [1.807, 2.05) is 30.0 Å². The highest BCUT2D eigenvalue weighted by Crippen LogP contribution is 2.25. The second kappa shape index (κ2) is 9.05. The average Bonchev–Trinajstić information content (AvgIpc) is 2.66. The van der Waals surface area contributed by atoms with E-state index >= 15 is 0 Å². The number of rotatable bonds is 7. The number of carbonyl (C=O) groups excluding carboxylic acids is 2. The molecular formula is C20H28N4O4. The average molecular weight is 388 g/mol. The number of carboxylic acid groups (broad SMARTS) is 1. The van der Waals surface area contributed by atoms with Crippen LogP contribution in [0.2, 0.25) is 0 Å². The molecular weight excluding hydrogens is 360 g/mol. The molecule has 0 saturated heterocycles. The summed E-state index contributed by atoms with van der Waals surface area (Å²) >= 11 is 0. The zero-order valence-electron chi connectivity index (χ0n) is 16.2. The lowest BCUT2D eigenvalue weighted by molar-refractivity contribution is -0.139. The Morgan fingerprint density at radius 2 is 1.93 bits per heavy atom. The fraction of sp³-hybridized carbons (Fsp3) is 0.550. The van der Waals surface area contributed by atoms with Crippen LogP contribution in [0.1, 0.15) is 30.9 Å². The molecule has 1 aliphatic heterocycles. The van der Waals surface area contributed by atoms with Crippen LogP contribution in [0.3, 0.4) is 0 Å². The number of benzene rings is 1. The van der Waals surface area contributed by atoms with Crippen molar-refractivity contribution in [3.05, 3.63) is 35.4 Å². The smallest absolute Gasteiger partial charge is 0.317 e. The minimum absolute atomic E-state index is 0.0183. The normalized spacial score (nSPS) is 20.9. The Hall–Kier alpha value is -2.61. The van der Waals surface area contributed by atoms with Crippen LogP contribution in [0.15, 0.2) is 24.3 Å². The summed E-state index contributed by atoms with van der Waals surface area (Å²) in [5, 5.41) is 14.4. The third kappa shape index (κ3) is 5.01. The molecule has 1 aromatic rings. The van der Waals surface area contributed by atoms with Crippen LogP contribution < -0.4 is 10.6 Å². The molecule has 28 heavy (non-hydrogen) atoms. The van der Waals surface area contributed by atoms with Crippen LogP contribution in [0.4, 0.5) is 4.79 Å². The summed E-state index contributed by atoms with van der Waals surface area (Å²) in [4.78, 5) is 39.0. The van der Waals surface area contributed by atoms with Crippen molar-refractivity contribution < 1.29 is 19.5 Å². The van der Waals surface area contributed by atoms with Crippen LogP contribution in [-0.2, 0) is 22.6 Å². The van der Waals surface area contributed by atoms with Gasteiger partial charge < -0.3 is 20.6 Å². The largest absolute Gasteiger partial charge is 0.480 e. The molecule has 152 valence electrons. The number of urea groups is 1. The highest BCUT2D eigenvalue weighted by atomic mass is 16.4. The van der Waals surface area contributed by atoms with Crippen molar-refractivity contribution in [2.45, 2.75) is 44.8 Å². The second-order valence-corrected chi connectivity index (χ2v) is 7.44. The third-order valence-corrected chi connectivity index (χ3v) is 5.59. The Bertz CT molecular complexity index is 733. The zero-order valence-corrected chi connectivity index (χ0v) is 16.2. The van der Waals surface area contributed by atoms with Crippen LogP contribution >= 0.6 is 0 Å². The number of likely N-dealkylation sites (N-methyl/N-ethyl adjacent to an activating group) is 1. The van der Waals surface area contributed by atoms with Crippen LogP contribution in [0, 0.1) is 0 Å². The lowest BCUT2D eigenvalue weighted by atomic mass is 9.85. The Balaban J connectivity index is 1.36. The first kappa shape index (κ1) is 20.1. The minimum atomic E-state index is -0.838. The molecule has 2 aliphatic rings. The number of carboxylic acids is 1. The van der Waals surface area contributed by atoms with E-state index in [0.717, 1.165) is 24.8 Å². The molecule has 3 N–H and O–H groups in total. The Kier molecular flexibility index (Phi) is 6.51. The first-order valence-electron chi connectivity index (χ1n) is 9.81. The SMILES string of the molecule is CCN(CC(=O)O)C1CC(NC(=O)NCC(=O)N2CCc3ccccc3C2)C1. The fourth-order valence-electron chi connectivity index (χ4n) is 3.89. The number of amides is 3. The molecule has 1 aliphatic carbocycles. The van der Waals surface area contributed by atoms with Crippen molar-refractivity contribution in [2.75, 3.05) is 26.2 Å². The summed E-state index contributed by atoms with van der Waals surface area (Å²) in [6.45, 7) is 3.85. The fourth-order valence-corrected chi connectivity index (χ4v) is 3.89. The molecule has 0 radical (unpaired) electrons. The summed E-state index contributed by atoms with van der Waals surface area (Å²) in [6.07, 6.45) is 2.29. The van der Waals surface area contributed by atoms with E-state index in [-0.39, 0.29) is 37.1 Å². The molecule has 0 aromatic heterocycles. The lowest BCUT2D eigenvalue weighted by Crippen LogP contribution is -2.57. The highest BCUT2D eigenvalue weighted by Gasteiger charge is 2.34. The quantitative estimate of drug-likeness (QED) is 0.642. The second-order valence-electron chi connectivity index (χ2n) is 7.44. The first-order chi connectivity index (χ1) is 13.5. The Morgan fingerprint density at radius 3 is 2.61 bits per heavy atom. The number of hydrogen-bond acceptors (Lipinski definition) is 4. The summed E-state index contributed by atoms with van der Waals surface area (Å²) in [7, 11) is 0. The molecule has 1 aromatic carbocycles. The summed E-state index contributed by atoms with van der Waals surface area (Å²) in [6, 6.07) is 7.95. The van der Waals surface area contributed by atoms with Crippen LogP contribution in [0.5, 0.6) is 0 Å². The molecule has 0 bridgehead atoms. The van der Waals surface area contributed by atoms with Gasteiger partial charge in [-0.25, -0.2) is 4.79 Å². The Labute approximate surface area is 164 Å². The third-order valence-electron chi connectivity index (χ3n) is 5.59. The summed E-state index contributed by atoms with van der Waals surface area (Å²) in [5.41, 5.74) is 2.44. The minimum Gasteiger partial charge on any atom is -0.480 e.